The molecule has 9 heteroatoms. The van der Waals surface area contributed by atoms with Crippen molar-refractivity contribution in [3.05, 3.63) is 58.8 Å². The minimum atomic E-state index is -3.56. The summed E-state index contributed by atoms with van der Waals surface area (Å²) < 4.78 is 27.6. The predicted octanol–water partition coefficient (Wildman–Crippen LogP) is 2.62. The number of rotatable bonds is 4. The maximum atomic E-state index is 12.8. The summed E-state index contributed by atoms with van der Waals surface area (Å²) in [5.74, 6) is 0. The molecular formula is C18H21BrN4O3S. The summed E-state index contributed by atoms with van der Waals surface area (Å²) in [6, 6.07) is 9.99. The molecule has 7 nitrogen and oxygen atoms in total. The van der Waals surface area contributed by atoms with Crippen LogP contribution in [0.15, 0.2) is 58.2 Å². The van der Waals surface area contributed by atoms with E-state index in [4.69, 9.17) is 0 Å². The zero-order valence-electron chi connectivity index (χ0n) is 14.9. The molecule has 1 aliphatic rings. The van der Waals surface area contributed by atoms with Crippen LogP contribution in [0.1, 0.15) is 18.5 Å². The van der Waals surface area contributed by atoms with Crippen LogP contribution in [-0.2, 0) is 10.0 Å². The van der Waals surface area contributed by atoms with Crippen LogP contribution < -0.4 is 5.32 Å². The van der Waals surface area contributed by atoms with Crippen LogP contribution in [0, 0.1) is 0 Å². The third-order valence-corrected chi connectivity index (χ3v) is 6.87. The summed E-state index contributed by atoms with van der Waals surface area (Å²) in [6.45, 7) is 3.12. The van der Waals surface area contributed by atoms with Gasteiger partial charge in [-0.05, 0) is 36.8 Å². The third kappa shape index (κ3) is 4.66. The van der Waals surface area contributed by atoms with Crippen LogP contribution >= 0.6 is 15.9 Å². The van der Waals surface area contributed by atoms with Crippen LogP contribution in [0.4, 0.5) is 4.79 Å². The lowest BCUT2D eigenvalue weighted by Crippen LogP contribution is -2.53. The summed E-state index contributed by atoms with van der Waals surface area (Å²) >= 11 is 3.30. The second kappa shape index (κ2) is 8.37. The van der Waals surface area contributed by atoms with Crippen molar-refractivity contribution in [1.82, 2.24) is 19.5 Å². The van der Waals surface area contributed by atoms with Gasteiger partial charge in [0, 0.05) is 43.0 Å². The second-order valence-corrected chi connectivity index (χ2v) is 9.16. The molecule has 2 amide bonds. The number of hydrogen-bond donors (Lipinski definition) is 1. The molecule has 1 saturated heterocycles. The number of nitrogens with one attached hydrogen (secondary N) is 1. The fraction of sp³-hybridized carbons (Fsp3) is 0.333. The molecular weight excluding hydrogens is 432 g/mol. The number of hydrogen-bond acceptors (Lipinski definition) is 4. The second-order valence-electron chi connectivity index (χ2n) is 6.31. The molecule has 1 aromatic carbocycles. The lowest BCUT2D eigenvalue weighted by molar-refractivity contribution is 0.169. The van der Waals surface area contributed by atoms with Crippen LogP contribution in [0.25, 0.3) is 0 Å². The van der Waals surface area contributed by atoms with Crippen LogP contribution in [0.3, 0.4) is 0 Å². The van der Waals surface area contributed by atoms with E-state index in [0.717, 1.165) is 5.56 Å². The number of benzene rings is 1. The minimum absolute atomic E-state index is 0.172. The Hall–Kier alpha value is -1.97. The van der Waals surface area contributed by atoms with Crippen molar-refractivity contribution in [1.29, 1.82) is 0 Å². The fourth-order valence-electron chi connectivity index (χ4n) is 2.90. The number of piperazine rings is 1. The Labute approximate surface area is 167 Å². The number of sulfonamides is 1. The van der Waals surface area contributed by atoms with Crippen molar-refractivity contribution < 1.29 is 13.2 Å². The standard InChI is InChI=1S/C18H21BrN4O3S/c1-14(15-4-3-7-20-13-15)21-18(24)22-8-10-23(11-9-22)27(25,26)17-6-2-5-16(19)12-17/h2-7,12-14H,8-11H2,1H3,(H,21,24). The van der Waals surface area contributed by atoms with Gasteiger partial charge in [-0.25, -0.2) is 13.2 Å². The molecule has 0 radical (unpaired) electrons. The molecule has 27 heavy (non-hydrogen) atoms. The Morgan fingerprint density at radius 1 is 1.19 bits per heavy atom. The van der Waals surface area contributed by atoms with Crippen molar-refractivity contribution in [2.75, 3.05) is 26.2 Å². The molecule has 0 bridgehead atoms. The van der Waals surface area contributed by atoms with Gasteiger partial charge in [-0.15, -0.1) is 0 Å². The molecule has 2 heterocycles. The molecule has 1 fully saturated rings. The zero-order chi connectivity index (χ0) is 19.4. The summed E-state index contributed by atoms with van der Waals surface area (Å²) in [6.07, 6.45) is 3.40. The highest BCUT2D eigenvalue weighted by Gasteiger charge is 2.30. The van der Waals surface area contributed by atoms with Gasteiger partial charge in [-0.2, -0.15) is 4.31 Å². The Kier molecular flexibility index (Phi) is 6.13. The molecule has 1 atom stereocenters. The van der Waals surface area contributed by atoms with E-state index < -0.39 is 10.0 Å². The number of amides is 2. The SMILES string of the molecule is CC(NC(=O)N1CCN(S(=O)(=O)c2cccc(Br)c2)CC1)c1cccnc1. The lowest BCUT2D eigenvalue weighted by atomic mass is 10.1. The first-order valence-corrected chi connectivity index (χ1v) is 10.8. The largest absolute Gasteiger partial charge is 0.331 e. The smallest absolute Gasteiger partial charge is 0.317 e. The third-order valence-electron chi connectivity index (χ3n) is 4.48. The van der Waals surface area contributed by atoms with Gasteiger partial charge in [0.25, 0.3) is 0 Å². The lowest BCUT2D eigenvalue weighted by Gasteiger charge is -2.34. The van der Waals surface area contributed by atoms with Gasteiger partial charge in [-0.3, -0.25) is 4.98 Å². The van der Waals surface area contributed by atoms with E-state index in [1.807, 2.05) is 19.1 Å². The molecule has 1 N–H and O–H groups in total. The Morgan fingerprint density at radius 2 is 1.93 bits per heavy atom. The number of halogens is 1. The molecule has 1 unspecified atom stereocenters. The van der Waals surface area contributed by atoms with Gasteiger partial charge in [0.1, 0.15) is 0 Å². The maximum Gasteiger partial charge on any atom is 0.317 e. The Morgan fingerprint density at radius 3 is 2.56 bits per heavy atom. The van der Waals surface area contributed by atoms with Crippen molar-refractivity contribution in [2.24, 2.45) is 0 Å². The predicted molar refractivity (Wildman–Crippen MR) is 106 cm³/mol. The van der Waals surface area contributed by atoms with E-state index in [1.54, 1.807) is 41.6 Å². The number of carbonyl (C=O) groups excluding carboxylic acids is 1. The summed E-state index contributed by atoms with van der Waals surface area (Å²) in [4.78, 5) is 18.4. The Balaban J connectivity index is 1.59. The minimum Gasteiger partial charge on any atom is -0.331 e. The highest BCUT2D eigenvalue weighted by atomic mass is 79.9. The number of carbonyl (C=O) groups is 1. The van der Waals surface area contributed by atoms with Crippen LogP contribution in [-0.4, -0.2) is 54.8 Å². The van der Waals surface area contributed by atoms with Crippen molar-refractivity contribution in [3.63, 3.8) is 0 Å². The highest BCUT2D eigenvalue weighted by Crippen LogP contribution is 2.21. The van der Waals surface area contributed by atoms with Gasteiger partial charge in [0.05, 0.1) is 10.9 Å². The molecule has 0 spiro atoms. The number of pyridine rings is 1. The van der Waals surface area contributed by atoms with E-state index in [0.29, 0.717) is 17.6 Å². The summed E-state index contributed by atoms with van der Waals surface area (Å²) in [5, 5.41) is 2.93. The monoisotopic (exact) mass is 452 g/mol. The highest BCUT2D eigenvalue weighted by molar-refractivity contribution is 9.10. The van der Waals surface area contributed by atoms with Gasteiger partial charge in [-0.1, -0.05) is 28.1 Å². The maximum absolute atomic E-state index is 12.8. The summed E-state index contributed by atoms with van der Waals surface area (Å²) in [5.41, 5.74) is 0.918. The number of urea groups is 1. The number of nitrogens with zero attached hydrogens (tertiary/aromatic N) is 3. The van der Waals surface area contributed by atoms with E-state index in [-0.39, 0.29) is 30.1 Å². The average Bonchev–Trinajstić information content (AvgIpc) is 2.68. The first-order valence-electron chi connectivity index (χ1n) is 8.59. The summed E-state index contributed by atoms with van der Waals surface area (Å²) in [7, 11) is -3.56. The van der Waals surface area contributed by atoms with Crippen molar-refractivity contribution in [3.8, 4) is 0 Å². The molecule has 2 aromatic rings. The van der Waals surface area contributed by atoms with Gasteiger partial charge in [0.2, 0.25) is 10.0 Å². The van der Waals surface area contributed by atoms with E-state index in [1.165, 1.54) is 4.31 Å². The van der Waals surface area contributed by atoms with Crippen molar-refractivity contribution >= 4 is 32.0 Å². The van der Waals surface area contributed by atoms with Crippen LogP contribution in [0.5, 0.6) is 0 Å². The molecule has 144 valence electrons. The number of aromatic nitrogens is 1. The van der Waals surface area contributed by atoms with Gasteiger partial charge < -0.3 is 10.2 Å². The topological polar surface area (TPSA) is 82.6 Å². The molecule has 0 aliphatic carbocycles. The molecule has 1 aliphatic heterocycles. The molecule has 3 rings (SSSR count). The average molecular weight is 453 g/mol. The van der Waals surface area contributed by atoms with E-state index in [2.05, 4.69) is 26.2 Å². The zero-order valence-corrected chi connectivity index (χ0v) is 17.3. The normalized spacial score (nSPS) is 16.7. The molecule has 1 aromatic heterocycles. The quantitative estimate of drug-likeness (QED) is 0.772. The van der Waals surface area contributed by atoms with Gasteiger partial charge in [0.15, 0.2) is 0 Å². The first kappa shape index (κ1) is 19.8. The van der Waals surface area contributed by atoms with E-state index in [9.17, 15) is 13.2 Å². The Bertz CT molecular complexity index is 900. The van der Waals surface area contributed by atoms with E-state index >= 15 is 0 Å². The molecule has 0 saturated carbocycles. The fourth-order valence-corrected chi connectivity index (χ4v) is 4.92. The van der Waals surface area contributed by atoms with Gasteiger partial charge >= 0.3 is 6.03 Å². The van der Waals surface area contributed by atoms with Crippen molar-refractivity contribution in [2.45, 2.75) is 17.9 Å². The van der Waals surface area contributed by atoms with Crippen LogP contribution in [0.2, 0.25) is 0 Å². The first-order chi connectivity index (χ1) is 12.9.